The van der Waals surface area contributed by atoms with Crippen LogP contribution in [-0.4, -0.2) is 47.6 Å². The second kappa shape index (κ2) is 5.71. The molecule has 108 valence electrons. The Morgan fingerprint density at radius 1 is 1.35 bits per heavy atom. The van der Waals surface area contributed by atoms with Gasteiger partial charge < -0.3 is 14.9 Å². The molecule has 0 spiro atoms. The van der Waals surface area contributed by atoms with Crippen LogP contribution in [0.4, 0.5) is 5.69 Å². The Bertz CT molecular complexity index is 547. The molecule has 0 aromatic heterocycles. The summed E-state index contributed by atoms with van der Waals surface area (Å²) < 4.78 is 0. The smallest absolute Gasteiger partial charge is 0.394 e. The van der Waals surface area contributed by atoms with Crippen molar-refractivity contribution in [3.63, 3.8) is 0 Å². The van der Waals surface area contributed by atoms with Gasteiger partial charge in [0.05, 0.1) is 0 Å². The number of aliphatic carboxylic acids is 1. The zero-order chi connectivity index (χ0) is 14.9. The molecule has 0 radical (unpaired) electrons. The SMILES string of the molecule is Cc1cc(N2CCN(C(=O)C(=O)O)[C@H](C)C2)ccc1Cl. The lowest BCUT2D eigenvalue weighted by atomic mass is 10.1. The predicted octanol–water partition coefficient (Wildman–Crippen LogP) is 1.77. The maximum Gasteiger partial charge on any atom is 0.394 e. The summed E-state index contributed by atoms with van der Waals surface area (Å²) in [6.07, 6.45) is 0. The largest absolute Gasteiger partial charge is 0.474 e. The van der Waals surface area contributed by atoms with Crippen molar-refractivity contribution in [1.82, 2.24) is 4.90 Å². The molecule has 1 aliphatic rings. The van der Waals surface area contributed by atoms with Gasteiger partial charge in [0, 0.05) is 36.4 Å². The molecule has 0 bridgehead atoms. The average Bonchev–Trinajstić information content (AvgIpc) is 2.41. The average molecular weight is 297 g/mol. The van der Waals surface area contributed by atoms with Crippen LogP contribution >= 0.6 is 11.6 Å². The minimum Gasteiger partial charge on any atom is -0.474 e. The molecular weight excluding hydrogens is 280 g/mol. The standard InChI is InChI=1S/C14H17ClN2O3/c1-9-7-11(3-4-12(9)15)16-5-6-17(10(2)8-16)13(18)14(19)20/h3-4,7,10H,5-6,8H2,1-2H3,(H,19,20)/t10-/m1/s1. The van der Waals surface area contributed by atoms with E-state index in [2.05, 4.69) is 4.90 Å². The monoisotopic (exact) mass is 296 g/mol. The normalized spacial score (nSPS) is 19.1. The lowest BCUT2D eigenvalue weighted by Gasteiger charge is -2.40. The van der Waals surface area contributed by atoms with Crippen molar-refractivity contribution >= 4 is 29.2 Å². The van der Waals surface area contributed by atoms with E-state index in [0.29, 0.717) is 19.6 Å². The third-order valence-electron chi connectivity index (χ3n) is 3.58. The quantitative estimate of drug-likeness (QED) is 0.802. The van der Waals surface area contributed by atoms with Gasteiger partial charge in [-0.3, -0.25) is 4.79 Å². The molecule has 1 saturated heterocycles. The Hall–Kier alpha value is -1.75. The fraction of sp³-hybridized carbons (Fsp3) is 0.429. The first-order chi connectivity index (χ1) is 9.40. The van der Waals surface area contributed by atoms with Crippen LogP contribution in [0.15, 0.2) is 18.2 Å². The molecule has 1 N–H and O–H groups in total. The summed E-state index contributed by atoms with van der Waals surface area (Å²) in [7, 11) is 0. The van der Waals surface area contributed by atoms with E-state index < -0.39 is 11.9 Å². The number of amides is 1. The fourth-order valence-corrected chi connectivity index (χ4v) is 2.56. The summed E-state index contributed by atoms with van der Waals surface area (Å²) in [4.78, 5) is 25.8. The fourth-order valence-electron chi connectivity index (χ4n) is 2.44. The number of nitrogens with zero attached hydrogens (tertiary/aromatic N) is 2. The van der Waals surface area contributed by atoms with Gasteiger partial charge in [0.2, 0.25) is 0 Å². The summed E-state index contributed by atoms with van der Waals surface area (Å²) in [6.45, 7) is 5.44. The molecule has 0 saturated carbocycles. The van der Waals surface area contributed by atoms with Gasteiger partial charge in [0.25, 0.3) is 0 Å². The lowest BCUT2D eigenvalue weighted by molar-refractivity contribution is -0.157. The third kappa shape index (κ3) is 2.88. The molecule has 1 atom stereocenters. The van der Waals surface area contributed by atoms with Crippen molar-refractivity contribution in [3.8, 4) is 0 Å². The molecule has 1 aromatic carbocycles. The Morgan fingerprint density at radius 3 is 2.60 bits per heavy atom. The minimum absolute atomic E-state index is 0.136. The maximum absolute atomic E-state index is 11.5. The van der Waals surface area contributed by atoms with E-state index in [-0.39, 0.29) is 6.04 Å². The Labute approximate surface area is 122 Å². The van der Waals surface area contributed by atoms with E-state index in [1.54, 1.807) is 0 Å². The number of carbonyl (C=O) groups excluding carboxylic acids is 1. The zero-order valence-corrected chi connectivity index (χ0v) is 12.2. The summed E-state index contributed by atoms with van der Waals surface area (Å²) in [5.41, 5.74) is 2.04. The van der Waals surface area contributed by atoms with Gasteiger partial charge >= 0.3 is 11.9 Å². The molecule has 6 heteroatoms. The molecule has 1 fully saturated rings. The lowest BCUT2D eigenvalue weighted by Crippen LogP contribution is -2.55. The summed E-state index contributed by atoms with van der Waals surface area (Å²) in [5, 5.41) is 9.51. The van der Waals surface area contributed by atoms with Crippen molar-refractivity contribution in [1.29, 1.82) is 0 Å². The highest BCUT2D eigenvalue weighted by Crippen LogP contribution is 2.24. The van der Waals surface area contributed by atoms with E-state index in [0.717, 1.165) is 16.3 Å². The number of rotatable bonds is 1. The number of benzene rings is 1. The minimum atomic E-state index is -1.40. The number of carboxylic acids is 1. The van der Waals surface area contributed by atoms with E-state index >= 15 is 0 Å². The number of hydrogen-bond acceptors (Lipinski definition) is 3. The van der Waals surface area contributed by atoms with Crippen LogP contribution in [0.3, 0.4) is 0 Å². The van der Waals surface area contributed by atoms with Gasteiger partial charge in [-0.2, -0.15) is 0 Å². The van der Waals surface area contributed by atoms with Crippen LogP contribution in [0.25, 0.3) is 0 Å². The van der Waals surface area contributed by atoms with Gasteiger partial charge in [0.1, 0.15) is 0 Å². The maximum atomic E-state index is 11.5. The number of halogens is 1. The zero-order valence-electron chi connectivity index (χ0n) is 11.5. The van der Waals surface area contributed by atoms with E-state index in [1.807, 2.05) is 32.0 Å². The number of anilines is 1. The van der Waals surface area contributed by atoms with Gasteiger partial charge in [-0.05, 0) is 37.6 Å². The van der Waals surface area contributed by atoms with Crippen molar-refractivity contribution in [3.05, 3.63) is 28.8 Å². The highest BCUT2D eigenvalue weighted by atomic mass is 35.5. The number of hydrogen-bond donors (Lipinski definition) is 1. The van der Waals surface area contributed by atoms with Crippen molar-refractivity contribution in [2.75, 3.05) is 24.5 Å². The highest BCUT2D eigenvalue weighted by Gasteiger charge is 2.30. The Morgan fingerprint density at radius 2 is 2.05 bits per heavy atom. The van der Waals surface area contributed by atoms with Gasteiger partial charge in [-0.15, -0.1) is 0 Å². The van der Waals surface area contributed by atoms with E-state index in [9.17, 15) is 9.59 Å². The van der Waals surface area contributed by atoms with Crippen molar-refractivity contribution in [2.45, 2.75) is 19.9 Å². The summed E-state index contributed by atoms with van der Waals surface area (Å²) in [6, 6.07) is 5.66. The van der Waals surface area contributed by atoms with Gasteiger partial charge in [0.15, 0.2) is 0 Å². The Kier molecular flexibility index (Phi) is 4.18. The van der Waals surface area contributed by atoms with Crippen LogP contribution in [0, 0.1) is 6.92 Å². The number of aryl methyl sites for hydroxylation is 1. The number of piperazine rings is 1. The van der Waals surface area contributed by atoms with Crippen molar-refractivity contribution < 1.29 is 14.7 Å². The molecule has 1 aliphatic heterocycles. The van der Waals surface area contributed by atoms with Crippen LogP contribution in [-0.2, 0) is 9.59 Å². The second-order valence-electron chi connectivity index (χ2n) is 5.03. The van der Waals surface area contributed by atoms with Crippen LogP contribution in [0.1, 0.15) is 12.5 Å². The number of carboxylic acid groups (broad SMARTS) is 1. The first-order valence-corrected chi connectivity index (χ1v) is 6.83. The molecule has 20 heavy (non-hydrogen) atoms. The van der Waals surface area contributed by atoms with Crippen molar-refractivity contribution in [2.24, 2.45) is 0 Å². The molecule has 2 rings (SSSR count). The molecule has 0 aliphatic carbocycles. The molecule has 1 heterocycles. The molecule has 1 aromatic rings. The first-order valence-electron chi connectivity index (χ1n) is 6.45. The second-order valence-corrected chi connectivity index (χ2v) is 5.44. The first kappa shape index (κ1) is 14.7. The summed E-state index contributed by atoms with van der Waals surface area (Å²) in [5.74, 6) is -2.22. The van der Waals surface area contributed by atoms with Gasteiger partial charge in [-0.25, -0.2) is 4.79 Å². The van der Waals surface area contributed by atoms with Crippen LogP contribution < -0.4 is 4.90 Å². The van der Waals surface area contributed by atoms with Crippen LogP contribution in [0.2, 0.25) is 5.02 Å². The Balaban J connectivity index is 2.10. The predicted molar refractivity (Wildman–Crippen MR) is 77.2 cm³/mol. The molecule has 5 nitrogen and oxygen atoms in total. The van der Waals surface area contributed by atoms with E-state index in [4.69, 9.17) is 16.7 Å². The summed E-state index contributed by atoms with van der Waals surface area (Å²) >= 11 is 6.01. The topological polar surface area (TPSA) is 60.9 Å². The number of carbonyl (C=O) groups is 2. The molecule has 0 unspecified atom stereocenters. The van der Waals surface area contributed by atoms with Crippen LogP contribution in [0.5, 0.6) is 0 Å². The molecular formula is C14H17ClN2O3. The highest BCUT2D eigenvalue weighted by molar-refractivity contribution is 6.31. The van der Waals surface area contributed by atoms with Gasteiger partial charge in [-0.1, -0.05) is 11.6 Å². The van der Waals surface area contributed by atoms with E-state index in [1.165, 1.54) is 4.90 Å². The molecule has 1 amide bonds. The third-order valence-corrected chi connectivity index (χ3v) is 4.00.